The molecule has 5 nitrogen and oxygen atoms in total. The van der Waals surface area contributed by atoms with Gasteiger partial charge in [0.2, 0.25) is 0 Å². The van der Waals surface area contributed by atoms with Crippen molar-refractivity contribution in [3.63, 3.8) is 0 Å². The van der Waals surface area contributed by atoms with Gasteiger partial charge in [-0.2, -0.15) is 0 Å². The molecule has 0 bridgehead atoms. The van der Waals surface area contributed by atoms with Crippen molar-refractivity contribution in [1.29, 1.82) is 0 Å². The monoisotopic (exact) mass is 1020 g/mol. The number of benzene rings is 10. The van der Waals surface area contributed by atoms with Gasteiger partial charge in [0.1, 0.15) is 0 Å². The van der Waals surface area contributed by atoms with Crippen molar-refractivity contribution in [3.05, 3.63) is 206 Å². The van der Waals surface area contributed by atoms with Crippen LogP contribution in [-0.4, -0.2) is 22.8 Å². The van der Waals surface area contributed by atoms with Crippen LogP contribution < -0.4 is 0 Å². The Hall–Kier alpha value is -8.80. The fourth-order valence-electron chi connectivity index (χ4n) is 12.4. The van der Waals surface area contributed by atoms with E-state index < -0.39 is 0 Å². The summed E-state index contributed by atoms with van der Waals surface area (Å²) in [4.78, 5) is 0. The molecule has 0 fully saturated rings. The van der Waals surface area contributed by atoms with Gasteiger partial charge in [-0.15, -0.1) is 0 Å². The molecule has 0 atom stereocenters. The maximum Gasteiger partial charge on any atom is 0.0491 e. The smallest absolute Gasteiger partial charge is 0.0491 e. The highest BCUT2D eigenvalue weighted by Gasteiger charge is 2.17. The van der Waals surface area contributed by atoms with Gasteiger partial charge >= 0.3 is 0 Å². The van der Waals surface area contributed by atoms with E-state index in [-0.39, 0.29) is 44.6 Å². The van der Waals surface area contributed by atoms with Gasteiger partial charge in [0.15, 0.2) is 0 Å². The molecule has 0 unspecified atom stereocenters. The van der Waals surface area contributed by atoms with Gasteiger partial charge in [0.05, 0.1) is 0 Å². The van der Waals surface area contributed by atoms with E-state index in [1.165, 1.54) is 142 Å². The summed E-state index contributed by atoms with van der Waals surface area (Å²) in [6, 6.07) is 76.3. The summed E-state index contributed by atoms with van der Waals surface area (Å²) in [7, 11) is 6.47. The fraction of sp³-hybridized carbons (Fsp3) is 0.178. The molecule has 78 heavy (non-hydrogen) atoms. The zero-order valence-corrected chi connectivity index (χ0v) is 41.3. The molecule has 0 N–H and O–H groups in total. The maximum atomic E-state index is 2.44. The number of hydrogen-bond acceptors (Lipinski definition) is 0. The summed E-state index contributed by atoms with van der Waals surface area (Å²) < 4.78 is 11.7. The van der Waals surface area contributed by atoms with E-state index in [0.29, 0.717) is 0 Å². The van der Waals surface area contributed by atoms with Crippen molar-refractivity contribution < 1.29 is 0 Å². The van der Waals surface area contributed by atoms with E-state index in [9.17, 15) is 0 Å². The molecule has 10 aromatic carbocycles. The van der Waals surface area contributed by atoms with Gasteiger partial charge in [0, 0.05) is 143 Å². The Morgan fingerprint density at radius 2 is 0.397 bits per heavy atom. The first-order valence-corrected chi connectivity index (χ1v) is 25.4. The molecule has 0 aliphatic heterocycles. The minimum absolute atomic E-state index is 0. The van der Waals surface area contributed by atoms with Crippen LogP contribution in [-0.2, 0) is 34.2 Å². The second-order valence-corrected chi connectivity index (χ2v) is 19.6. The van der Waals surface area contributed by atoms with Crippen LogP contribution in [0.3, 0.4) is 0 Å². The summed E-state index contributed by atoms with van der Waals surface area (Å²) in [6.45, 7) is 6.37. The summed E-state index contributed by atoms with van der Waals surface area (Å²) in [6.07, 6.45) is 0. The van der Waals surface area contributed by atoms with Crippen LogP contribution in [0, 0.1) is 0 Å². The number of para-hydroxylation sites is 4. The Bertz CT molecular complexity index is 4520. The van der Waals surface area contributed by atoms with E-state index in [1.54, 1.807) is 0 Å². The van der Waals surface area contributed by atoms with E-state index in [0.717, 1.165) is 13.1 Å². The van der Waals surface area contributed by atoms with Crippen molar-refractivity contribution in [1.82, 2.24) is 22.8 Å². The summed E-state index contributed by atoms with van der Waals surface area (Å²) in [5, 5.41) is 13.1. The Kier molecular flexibility index (Phi) is 15.1. The average molecular weight is 1020 g/mol. The van der Waals surface area contributed by atoms with Crippen LogP contribution in [0.4, 0.5) is 0 Å². The van der Waals surface area contributed by atoms with E-state index in [4.69, 9.17) is 0 Å². The van der Waals surface area contributed by atoms with Crippen molar-refractivity contribution in [3.8, 4) is 33.4 Å². The molecule has 5 aromatic heterocycles. The minimum atomic E-state index is 0. The molecule has 0 aliphatic rings. The first-order chi connectivity index (χ1) is 35.4. The molecule has 5 heterocycles. The molecular weight excluding hydrogens is 947 g/mol. The first-order valence-electron chi connectivity index (χ1n) is 25.4. The van der Waals surface area contributed by atoms with Crippen LogP contribution >= 0.6 is 0 Å². The molecule has 5 heteroatoms. The van der Waals surface area contributed by atoms with Crippen LogP contribution in [0.1, 0.15) is 58.4 Å². The number of hydrogen-bond donors (Lipinski definition) is 0. The molecule has 0 spiro atoms. The number of aromatic nitrogens is 5. The van der Waals surface area contributed by atoms with Gasteiger partial charge in [-0.1, -0.05) is 154 Å². The molecule has 0 saturated heterocycles. The predicted octanol–water partition coefficient (Wildman–Crippen LogP) is 21.4. The lowest BCUT2D eigenvalue weighted by Crippen LogP contribution is -1.92. The van der Waals surface area contributed by atoms with Gasteiger partial charge in [0.25, 0.3) is 0 Å². The molecule has 0 radical (unpaired) electrons. The van der Waals surface area contributed by atoms with E-state index in [2.05, 4.69) is 264 Å². The van der Waals surface area contributed by atoms with Crippen molar-refractivity contribution in [2.24, 2.45) is 21.1 Å². The van der Waals surface area contributed by atoms with Crippen LogP contribution in [0.2, 0.25) is 0 Å². The lowest BCUT2D eigenvalue weighted by molar-refractivity contribution is 0.827. The van der Waals surface area contributed by atoms with Gasteiger partial charge in [-0.25, -0.2) is 0 Å². The number of rotatable bonds is 5. The zero-order valence-electron chi connectivity index (χ0n) is 41.3. The molecule has 394 valence electrons. The molecular formula is C73H77N5. The molecule has 0 aliphatic carbocycles. The van der Waals surface area contributed by atoms with Crippen molar-refractivity contribution in [2.45, 2.75) is 71.5 Å². The Morgan fingerprint density at radius 3 is 0.667 bits per heavy atom. The summed E-state index contributed by atoms with van der Waals surface area (Å²) in [5.74, 6) is 0. The lowest BCUT2D eigenvalue weighted by atomic mass is 9.98. The predicted molar refractivity (Wildman–Crippen MR) is 349 cm³/mol. The van der Waals surface area contributed by atoms with Crippen molar-refractivity contribution in [2.75, 3.05) is 0 Å². The van der Waals surface area contributed by atoms with E-state index in [1.807, 2.05) is 0 Å². The van der Waals surface area contributed by atoms with Crippen LogP contribution in [0.25, 0.3) is 142 Å². The largest absolute Gasteiger partial charge is 0.344 e. The molecule has 0 saturated carbocycles. The average Bonchev–Trinajstić information content (AvgIpc) is 4.30. The second kappa shape index (κ2) is 21.3. The summed E-state index contributed by atoms with van der Waals surface area (Å²) >= 11 is 0. The third kappa shape index (κ3) is 8.23. The Labute approximate surface area is 461 Å². The molecule has 15 rings (SSSR count). The summed E-state index contributed by atoms with van der Waals surface area (Å²) in [5.41, 5.74) is 20.4. The molecule has 0 amide bonds. The third-order valence-electron chi connectivity index (χ3n) is 16.0. The highest BCUT2D eigenvalue weighted by atomic mass is 15.0. The van der Waals surface area contributed by atoms with Gasteiger partial charge in [-0.05, 0) is 144 Å². The number of aryl methyl sites for hydroxylation is 5. The Balaban J connectivity index is 0.000000203. The maximum absolute atomic E-state index is 2.44. The zero-order chi connectivity index (χ0) is 48.4. The van der Waals surface area contributed by atoms with Crippen molar-refractivity contribution >= 4 is 109 Å². The topological polar surface area (TPSA) is 24.6 Å². The minimum Gasteiger partial charge on any atom is -0.344 e. The van der Waals surface area contributed by atoms with Crippen LogP contribution in [0.15, 0.2) is 206 Å². The van der Waals surface area contributed by atoms with Gasteiger partial charge in [-0.3, -0.25) is 0 Å². The number of fused-ring (bicyclic) bond motifs is 15. The normalized spacial score (nSPS) is 11.1. The fourth-order valence-corrected chi connectivity index (χ4v) is 12.4. The third-order valence-corrected chi connectivity index (χ3v) is 16.0. The first kappa shape index (κ1) is 55.4. The lowest BCUT2D eigenvalue weighted by Gasteiger charge is -2.06. The SMILES string of the molecule is C.C.C.C.C.C.CCn1c2ccc(-c3ccc4c(c3)c3ccccc3n4C)cc2c2cc(-c3ccc4c(c3)c3ccccc3n4C)ccc21.CCn1c2ccccc2c2cc(-c3ccc4c(c3)c3ccccc3n4C)ccc21. The van der Waals surface area contributed by atoms with E-state index >= 15 is 0 Å². The second-order valence-electron chi connectivity index (χ2n) is 19.6. The quantitative estimate of drug-likeness (QED) is 0.164. The number of nitrogens with zero attached hydrogens (tertiary/aromatic N) is 5. The van der Waals surface area contributed by atoms with Gasteiger partial charge < -0.3 is 22.8 Å². The highest BCUT2D eigenvalue weighted by Crippen LogP contribution is 2.40. The van der Waals surface area contributed by atoms with Crippen LogP contribution in [0.5, 0.6) is 0 Å². The highest BCUT2D eigenvalue weighted by molar-refractivity contribution is 6.15. The Morgan fingerprint density at radius 1 is 0.218 bits per heavy atom. The molecule has 15 aromatic rings. The standard InChI is InChI=1S/C40H31N3.C27H22N2.6CH4/c1-4-43-39-19-15-27(25-13-17-37-31(21-25)29-9-5-7-11-35(29)41(37)2)23-33(39)34-24-28(16-20-40(34)43)26-14-18-38-32(22-26)30-10-6-8-12-36(30)42(38)3;1-3-29-26-11-7-5-9-21(26)23-17-19(13-15-27(23)29)18-12-14-25-22(16-18)20-8-4-6-10-24(20)28(25)2;;;;;;/h5-24H,4H2,1-3H3;4-17H,3H2,1-2H3;6*1H4.